The Labute approximate surface area is 122 Å². The van der Waals surface area contributed by atoms with Crippen molar-refractivity contribution >= 4 is 0 Å². The van der Waals surface area contributed by atoms with Gasteiger partial charge < -0.3 is 9.59 Å². The molecule has 1 saturated heterocycles. The first-order valence-corrected chi connectivity index (χ1v) is 8.18. The molecule has 2 aliphatic carbocycles. The Bertz CT molecular complexity index is 550. The van der Waals surface area contributed by atoms with Gasteiger partial charge in [0, 0.05) is 24.2 Å². The molecule has 0 aromatic heterocycles. The van der Waals surface area contributed by atoms with Gasteiger partial charge in [0.2, 0.25) is 0 Å². The number of likely N-dealkylation sites (N-methyl/N-ethyl adjacent to an activating group) is 1. The van der Waals surface area contributed by atoms with Crippen LogP contribution in [0.5, 0.6) is 5.75 Å². The quantitative estimate of drug-likeness (QED) is 0.719. The van der Waals surface area contributed by atoms with Gasteiger partial charge in [0.05, 0.1) is 26.7 Å². The molecule has 2 unspecified atom stereocenters. The van der Waals surface area contributed by atoms with E-state index < -0.39 is 0 Å². The van der Waals surface area contributed by atoms with Crippen molar-refractivity contribution < 1.29 is 9.59 Å². The highest BCUT2D eigenvalue weighted by Gasteiger charge is 2.57. The minimum atomic E-state index is 0.378. The number of benzene rings is 1. The van der Waals surface area contributed by atoms with E-state index in [2.05, 4.69) is 26.2 Å². The molecule has 0 spiro atoms. The van der Waals surface area contributed by atoms with Gasteiger partial charge in [0.1, 0.15) is 5.75 Å². The van der Waals surface area contributed by atoms with Gasteiger partial charge in [0.25, 0.3) is 0 Å². The molecule has 1 heterocycles. The predicted molar refractivity (Wildman–Crippen MR) is 80.8 cm³/mol. The Morgan fingerprint density at radius 1 is 1.20 bits per heavy atom. The molecule has 3 aliphatic rings. The van der Waals surface area contributed by atoms with Gasteiger partial charge in [0.15, 0.2) is 0 Å². The van der Waals surface area contributed by atoms with Crippen molar-refractivity contribution in [2.45, 2.75) is 50.0 Å². The molecular formula is C18H26NO+. The molecule has 2 nitrogen and oxygen atoms in total. The summed E-state index contributed by atoms with van der Waals surface area (Å²) in [5, 5.41) is 9.97. The Kier molecular flexibility index (Phi) is 2.54. The molecule has 20 heavy (non-hydrogen) atoms. The van der Waals surface area contributed by atoms with Crippen molar-refractivity contribution in [3.63, 3.8) is 0 Å². The van der Waals surface area contributed by atoms with Gasteiger partial charge in [-0.3, -0.25) is 0 Å². The van der Waals surface area contributed by atoms with Crippen LogP contribution in [0.25, 0.3) is 0 Å². The zero-order valence-electron chi connectivity index (χ0n) is 12.7. The van der Waals surface area contributed by atoms with Crippen LogP contribution in [-0.4, -0.2) is 36.3 Å². The van der Waals surface area contributed by atoms with E-state index in [1.54, 1.807) is 0 Å². The van der Waals surface area contributed by atoms with E-state index in [0.29, 0.717) is 11.2 Å². The van der Waals surface area contributed by atoms with Crippen LogP contribution in [0.4, 0.5) is 0 Å². The van der Waals surface area contributed by atoms with Crippen LogP contribution in [-0.2, 0) is 11.8 Å². The van der Waals surface area contributed by atoms with Gasteiger partial charge in [-0.15, -0.1) is 0 Å². The van der Waals surface area contributed by atoms with E-state index in [1.165, 1.54) is 60.7 Å². The number of likely N-dealkylation sites (tertiary alicyclic amines) is 1. The van der Waals surface area contributed by atoms with Crippen molar-refractivity contribution in [3.05, 3.63) is 29.3 Å². The molecule has 1 aromatic carbocycles. The summed E-state index contributed by atoms with van der Waals surface area (Å²) >= 11 is 0. The fourth-order valence-corrected chi connectivity index (χ4v) is 5.57. The maximum absolute atomic E-state index is 9.97. The summed E-state index contributed by atoms with van der Waals surface area (Å²) in [6.45, 7) is 1.29. The normalized spacial score (nSPS) is 37.9. The number of piperidine rings is 1. The van der Waals surface area contributed by atoms with Crippen molar-refractivity contribution in [1.82, 2.24) is 0 Å². The smallest absolute Gasteiger partial charge is 0.115 e. The third-order valence-corrected chi connectivity index (χ3v) is 6.65. The summed E-state index contributed by atoms with van der Waals surface area (Å²) in [5.41, 5.74) is 3.39. The first-order valence-electron chi connectivity index (χ1n) is 8.18. The molecule has 1 saturated carbocycles. The van der Waals surface area contributed by atoms with Crippen LogP contribution in [0.15, 0.2) is 18.2 Å². The molecule has 3 atom stereocenters. The van der Waals surface area contributed by atoms with Crippen LogP contribution in [0.1, 0.15) is 43.2 Å². The Morgan fingerprint density at radius 3 is 2.90 bits per heavy atom. The SMILES string of the molecule is C[N+]1(C)CC[C@]23CCCCC2C1Cc1ccc(O)cc13. The van der Waals surface area contributed by atoms with Gasteiger partial charge in [-0.05, 0) is 36.1 Å². The van der Waals surface area contributed by atoms with Gasteiger partial charge in [-0.2, -0.15) is 0 Å². The second kappa shape index (κ2) is 4.00. The summed E-state index contributed by atoms with van der Waals surface area (Å²) < 4.78 is 1.19. The minimum Gasteiger partial charge on any atom is -0.508 e. The standard InChI is InChI=1S/C18H25NO/c1-19(2)10-9-18-8-4-3-5-15(18)17(19)11-13-6-7-14(20)12-16(13)18/h6-7,12,15,17H,3-5,8-11H2,1-2H3/p+1/t15?,17?,18-/m1/s1. The van der Waals surface area contributed by atoms with Crippen LogP contribution >= 0.6 is 0 Å². The highest BCUT2D eigenvalue weighted by molar-refractivity contribution is 5.44. The topological polar surface area (TPSA) is 20.2 Å². The Morgan fingerprint density at radius 2 is 2.05 bits per heavy atom. The van der Waals surface area contributed by atoms with E-state index >= 15 is 0 Å². The van der Waals surface area contributed by atoms with Crippen LogP contribution in [0.2, 0.25) is 0 Å². The summed E-state index contributed by atoms with van der Waals surface area (Å²) in [6, 6.07) is 6.94. The minimum absolute atomic E-state index is 0.378. The lowest BCUT2D eigenvalue weighted by Crippen LogP contribution is -2.66. The second-order valence-electron chi connectivity index (χ2n) is 7.87. The number of fused-ring (bicyclic) bond motifs is 1. The Hall–Kier alpha value is -1.02. The zero-order valence-corrected chi connectivity index (χ0v) is 12.7. The van der Waals surface area contributed by atoms with Crippen molar-refractivity contribution in [1.29, 1.82) is 0 Å². The number of phenols is 1. The van der Waals surface area contributed by atoms with Gasteiger partial charge in [-0.25, -0.2) is 0 Å². The molecule has 2 fully saturated rings. The van der Waals surface area contributed by atoms with Crippen LogP contribution in [0, 0.1) is 5.92 Å². The summed E-state index contributed by atoms with van der Waals surface area (Å²) in [5.74, 6) is 1.29. The van der Waals surface area contributed by atoms with E-state index in [-0.39, 0.29) is 0 Å². The van der Waals surface area contributed by atoms with Crippen molar-refractivity contribution in [2.24, 2.45) is 5.92 Å². The first kappa shape index (κ1) is 12.7. The molecule has 108 valence electrons. The molecule has 1 aromatic rings. The molecule has 0 amide bonds. The lowest BCUT2D eigenvalue weighted by molar-refractivity contribution is -0.927. The predicted octanol–water partition coefficient (Wildman–Crippen LogP) is 3.23. The highest BCUT2D eigenvalue weighted by Crippen LogP contribution is 2.57. The fraction of sp³-hybridized carbons (Fsp3) is 0.667. The largest absolute Gasteiger partial charge is 0.508 e. The average molecular weight is 272 g/mol. The number of nitrogens with zero attached hydrogens (tertiary/aromatic N) is 1. The molecule has 2 heteroatoms. The molecule has 2 bridgehead atoms. The highest BCUT2D eigenvalue weighted by atomic mass is 16.3. The maximum atomic E-state index is 9.97. The average Bonchev–Trinajstić information content (AvgIpc) is 2.44. The Balaban J connectivity index is 1.92. The van der Waals surface area contributed by atoms with Crippen LogP contribution in [0.3, 0.4) is 0 Å². The summed E-state index contributed by atoms with van der Waals surface area (Å²) in [6.07, 6.45) is 8.00. The first-order chi connectivity index (χ1) is 9.53. The van der Waals surface area contributed by atoms with E-state index in [4.69, 9.17) is 0 Å². The zero-order chi connectivity index (χ0) is 14.0. The third-order valence-electron chi connectivity index (χ3n) is 6.65. The van der Waals surface area contributed by atoms with Gasteiger partial charge >= 0.3 is 0 Å². The number of hydrogen-bond acceptors (Lipinski definition) is 1. The lowest BCUT2D eigenvalue weighted by Gasteiger charge is -2.60. The van der Waals surface area contributed by atoms with E-state index in [0.717, 1.165) is 12.0 Å². The number of aromatic hydroxyl groups is 1. The molecule has 4 rings (SSSR count). The summed E-state index contributed by atoms with van der Waals surface area (Å²) in [4.78, 5) is 0. The van der Waals surface area contributed by atoms with E-state index in [9.17, 15) is 5.11 Å². The number of quaternary nitrogens is 1. The lowest BCUT2D eigenvalue weighted by atomic mass is 9.52. The molecule has 1 aliphatic heterocycles. The second-order valence-corrected chi connectivity index (χ2v) is 7.87. The number of hydrogen-bond donors (Lipinski definition) is 1. The fourth-order valence-electron chi connectivity index (χ4n) is 5.57. The monoisotopic (exact) mass is 272 g/mol. The maximum Gasteiger partial charge on any atom is 0.115 e. The summed E-state index contributed by atoms with van der Waals surface area (Å²) in [7, 11) is 4.85. The van der Waals surface area contributed by atoms with Gasteiger partial charge in [-0.1, -0.05) is 18.9 Å². The molecule has 1 N–H and O–H groups in total. The van der Waals surface area contributed by atoms with Crippen molar-refractivity contribution in [3.8, 4) is 5.75 Å². The van der Waals surface area contributed by atoms with Crippen molar-refractivity contribution in [2.75, 3.05) is 20.6 Å². The number of rotatable bonds is 0. The third kappa shape index (κ3) is 1.54. The van der Waals surface area contributed by atoms with E-state index in [1.807, 2.05) is 6.07 Å². The molecular weight excluding hydrogens is 246 g/mol. The van der Waals surface area contributed by atoms with Crippen LogP contribution < -0.4 is 0 Å². The number of phenolic OH excluding ortho intramolecular Hbond substituents is 1. The molecule has 0 radical (unpaired) electrons.